The zero-order valence-corrected chi connectivity index (χ0v) is 21.5. The topological polar surface area (TPSA) is 129 Å². The molecular weight excluding hydrogens is 508 g/mol. The van der Waals surface area contributed by atoms with Crippen LogP contribution in [0.4, 0.5) is 23.7 Å². The fourth-order valence-electron chi connectivity index (χ4n) is 3.81. The summed E-state index contributed by atoms with van der Waals surface area (Å²) in [4.78, 5) is 50.7. The number of hydrogen-bond acceptors (Lipinski definition) is 7. The summed E-state index contributed by atoms with van der Waals surface area (Å²) in [5.41, 5.74) is -1.41. The van der Waals surface area contributed by atoms with Gasteiger partial charge in [-0.1, -0.05) is 24.3 Å². The average molecular weight is 526 g/mol. The Balaban J connectivity index is 0.00000380. The minimum Gasteiger partial charge on any atom is -0.550 e. The summed E-state index contributed by atoms with van der Waals surface area (Å²) in [5.74, 6) is -2.18. The Bertz CT molecular complexity index is 1410. The number of anilines is 1. The molecule has 1 N–H and O–H groups in total. The molecule has 2 heterocycles. The first-order valence-corrected chi connectivity index (χ1v) is 10.7. The Morgan fingerprint density at radius 2 is 1.84 bits per heavy atom. The van der Waals surface area contributed by atoms with Gasteiger partial charge in [-0.25, -0.2) is 4.79 Å². The monoisotopic (exact) mass is 526 g/mol. The predicted molar refractivity (Wildman–Crippen MR) is 118 cm³/mol. The van der Waals surface area contributed by atoms with Crippen molar-refractivity contribution in [2.75, 3.05) is 18.1 Å². The molecule has 0 spiro atoms. The molecule has 1 fully saturated rings. The van der Waals surface area contributed by atoms with Gasteiger partial charge in [0.15, 0.2) is 6.10 Å². The number of aromatic amines is 1. The number of H-pyrrole nitrogens is 1. The number of amides is 1. The fraction of sp³-hybridized carbons (Fsp3) is 0.250. The van der Waals surface area contributed by atoms with Crippen LogP contribution in [-0.4, -0.2) is 42.3 Å². The van der Waals surface area contributed by atoms with Gasteiger partial charge in [-0.05, 0) is 36.1 Å². The maximum Gasteiger partial charge on any atom is 1.00 e. The number of alkyl halides is 3. The Hall–Kier alpha value is -3.35. The number of nitrogens with zero attached hydrogens (tertiary/aromatic N) is 1. The van der Waals surface area contributed by atoms with Crippen LogP contribution in [0.5, 0.6) is 0 Å². The molecule has 0 aliphatic carbocycles. The normalized spacial score (nSPS) is 15.3. The van der Waals surface area contributed by atoms with Gasteiger partial charge in [0.25, 0.3) is 5.56 Å². The van der Waals surface area contributed by atoms with E-state index < -0.39 is 47.9 Å². The second-order valence-corrected chi connectivity index (χ2v) is 8.00. The maximum absolute atomic E-state index is 13.4. The standard InChI is InChI=1S/C24H19F3N2O7.Na/c25-24(26,27)18-4-2-1-3-16(18)19-9-13-5-6-14(10-17(13)22(33)28-19)29-11-15(36-23(29)34)12-35-21(32)8-7-20(30)31;/h1-6,9-10,15H,7-8,11-12H2,(H,28,33)(H,30,31);/q;+1/p-1/t15-;/m1./s1. The summed E-state index contributed by atoms with van der Waals surface area (Å²) < 4.78 is 50.3. The van der Waals surface area contributed by atoms with Crippen LogP contribution in [0.1, 0.15) is 18.4 Å². The summed E-state index contributed by atoms with van der Waals surface area (Å²) in [6, 6.07) is 10.7. The van der Waals surface area contributed by atoms with E-state index in [0.717, 1.165) is 6.07 Å². The zero-order chi connectivity index (χ0) is 26.0. The first-order valence-electron chi connectivity index (χ1n) is 10.7. The molecule has 1 aliphatic heterocycles. The molecule has 1 atom stereocenters. The average Bonchev–Trinajstić information content (AvgIpc) is 3.21. The van der Waals surface area contributed by atoms with Crippen molar-refractivity contribution in [1.82, 2.24) is 4.98 Å². The number of carbonyl (C=O) groups is 3. The summed E-state index contributed by atoms with van der Waals surface area (Å²) in [5, 5.41) is 10.9. The van der Waals surface area contributed by atoms with Crippen LogP contribution in [0.15, 0.2) is 53.3 Å². The minimum absolute atomic E-state index is 0. The van der Waals surface area contributed by atoms with Crippen LogP contribution >= 0.6 is 0 Å². The van der Waals surface area contributed by atoms with Crippen LogP contribution in [0.3, 0.4) is 0 Å². The predicted octanol–water partition coefficient (Wildman–Crippen LogP) is -0.384. The van der Waals surface area contributed by atoms with Gasteiger partial charge < -0.3 is 24.4 Å². The van der Waals surface area contributed by atoms with E-state index in [4.69, 9.17) is 9.47 Å². The number of aliphatic carboxylic acids is 1. The number of rotatable bonds is 7. The number of fused-ring (bicyclic) bond motifs is 1. The number of nitrogens with one attached hydrogen (secondary N) is 1. The first-order chi connectivity index (χ1) is 17.0. The second kappa shape index (κ2) is 11.4. The Labute approximate surface area is 229 Å². The van der Waals surface area contributed by atoms with Gasteiger partial charge in [-0.15, -0.1) is 0 Å². The third-order valence-electron chi connectivity index (χ3n) is 5.50. The molecule has 37 heavy (non-hydrogen) atoms. The number of aromatic nitrogens is 1. The minimum atomic E-state index is -4.61. The van der Waals surface area contributed by atoms with E-state index in [1.807, 2.05) is 0 Å². The van der Waals surface area contributed by atoms with Gasteiger partial charge in [0, 0.05) is 28.3 Å². The molecule has 9 nitrogen and oxygen atoms in total. The zero-order valence-electron chi connectivity index (χ0n) is 19.5. The van der Waals surface area contributed by atoms with Crippen molar-refractivity contribution in [2.45, 2.75) is 25.1 Å². The second-order valence-electron chi connectivity index (χ2n) is 8.00. The number of carbonyl (C=O) groups excluding carboxylic acids is 3. The molecule has 4 rings (SSSR count). The fourth-order valence-corrected chi connectivity index (χ4v) is 3.81. The number of esters is 1. The third kappa shape index (κ3) is 6.51. The molecule has 0 saturated carbocycles. The van der Waals surface area contributed by atoms with Crippen molar-refractivity contribution in [1.29, 1.82) is 0 Å². The largest absolute Gasteiger partial charge is 1.00 e. The van der Waals surface area contributed by atoms with Crippen molar-refractivity contribution in [3.8, 4) is 11.3 Å². The number of carboxylic acid groups (broad SMARTS) is 1. The van der Waals surface area contributed by atoms with Crippen molar-refractivity contribution >= 4 is 34.5 Å². The summed E-state index contributed by atoms with van der Waals surface area (Å²) >= 11 is 0. The van der Waals surface area contributed by atoms with Gasteiger partial charge in [-0.2, -0.15) is 13.2 Å². The van der Waals surface area contributed by atoms with Gasteiger partial charge in [0.05, 0.1) is 18.5 Å². The van der Waals surface area contributed by atoms with E-state index in [1.54, 1.807) is 0 Å². The number of hydrogen-bond donors (Lipinski definition) is 1. The molecule has 1 aromatic heterocycles. The van der Waals surface area contributed by atoms with Gasteiger partial charge >= 0.3 is 47.8 Å². The van der Waals surface area contributed by atoms with E-state index in [2.05, 4.69) is 4.98 Å². The molecule has 1 saturated heterocycles. The van der Waals surface area contributed by atoms with Crippen molar-refractivity contribution in [3.63, 3.8) is 0 Å². The number of carboxylic acids is 1. The van der Waals surface area contributed by atoms with Gasteiger partial charge in [0.1, 0.15) is 6.61 Å². The number of ether oxygens (including phenoxy) is 2. The molecular formula is C24H18F3N2NaO7. The first kappa shape index (κ1) is 28.2. The van der Waals surface area contributed by atoms with E-state index in [1.165, 1.54) is 47.4 Å². The quantitative estimate of drug-likeness (QED) is 0.328. The van der Waals surface area contributed by atoms with Crippen LogP contribution in [0.25, 0.3) is 22.0 Å². The van der Waals surface area contributed by atoms with E-state index in [-0.39, 0.29) is 65.8 Å². The molecule has 0 bridgehead atoms. The van der Waals surface area contributed by atoms with E-state index in [9.17, 15) is 37.5 Å². The van der Waals surface area contributed by atoms with Crippen LogP contribution in [0.2, 0.25) is 0 Å². The van der Waals surface area contributed by atoms with Crippen LogP contribution in [-0.2, 0) is 25.2 Å². The number of cyclic esters (lactones) is 1. The Morgan fingerprint density at radius 1 is 1.11 bits per heavy atom. The van der Waals surface area contributed by atoms with Crippen molar-refractivity contribution in [3.05, 3.63) is 64.4 Å². The Kier molecular flexibility index (Phi) is 8.67. The van der Waals surface area contributed by atoms with Crippen LogP contribution < -0.4 is 45.1 Å². The van der Waals surface area contributed by atoms with E-state index >= 15 is 0 Å². The van der Waals surface area contributed by atoms with E-state index in [0.29, 0.717) is 11.1 Å². The number of benzene rings is 2. The van der Waals surface area contributed by atoms with Gasteiger partial charge in [-0.3, -0.25) is 14.5 Å². The third-order valence-corrected chi connectivity index (χ3v) is 5.50. The molecule has 1 amide bonds. The van der Waals surface area contributed by atoms with Crippen molar-refractivity contribution in [2.24, 2.45) is 0 Å². The summed E-state index contributed by atoms with van der Waals surface area (Å²) in [6.07, 6.45) is -7.06. The summed E-state index contributed by atoms with van der Waals surface area (Å²) in [7, 11) is 0. The molecule has 2 aromatic carbocycles. The van der Waals surface area contributed by atoms with Crippen molar-refractivity contribution < 1.29 is 71.7 Å². The molecule has 0 radical (unpaired) electrons. The number of pyridine rings is 1. The van der Waals surface area contributed by atoms with Crippen LogP contribution in [0, 0.1) is 0 Å². The molecule has 188 valence electrons. The number of halogens is 3. The molecule has 3 aromatic rings. The summed E-state index contributed by atoms with van der Waals surface area (Å²) in [6.45, 7) is -0.294. The van der Waals surface area contributed by atoms with Gasteiger partial charge in [0.2, 0.25) is 0 Å². The molecule has 13 heteroatoms. The maximum atomic E-state index is 13.4. The molecule has 1 aliphatic rings. The smallest absolute Gasteiger partial charge is 0.550 e. The Morgan fingerprint density at radius 3 is 2.54 bits per heavy atom. The molecule has 0 unspecified atom stereocenters. The SMILES string of the molecule is O=C([O-])CCC(=O)OC[C@H]1CN(c2ccc3cc(-c4ccccc4C(F)(F)F)[nH]c(=O)c3c2)C(=O)O1.[Na+].